The molecule has 1 aliphatic rings. The molecule has 0 aliphatic carbocycles. The predicted molar refractivity (Wildman–Crippen MR) is 112 cm³/mol. The second-order valence-corrected chi connectivity index (χ2v) is 6.99. The Hall–Kier alpha value is -2.89. The highest BCUT2D eigenvalue weighted by Crippen LogP contribution is 2.22. The molecule has 2 amide bonds. The van der Waals surface area contributed by atoms with E-state index in [2.05, 4.69) is 15.2 Å². The number of piperidine rings is 1. The van der Waals surface area contributed by atoms with Gasteiger partial charge in [0.25, 0.3) is 11.8 Å². The van der Waals surface area contributed by atoms with Crippen molar-refractivity contribution in [3.8, 4) is 0 Å². The van der Waals surface area contributed by atoms with Crippen LogP contribution in [-0.2, 0) is 0 Å². The van der Waals surface area contributed by atoms with Crippen LogP contribution >= 0.6 is 0 Å². The van der Waals surface area contributed by atoms with Crippen molar-refractivity contribution in [3.05, 3.63) is 53.9 Å². The summed E-state index contributed by atoms with van der Waals surface area (Å²) in [6, 6.07) is 9.52. The first-order valence-corrected chi connectivity index (χ1v) is 10.0. The lowest BCUT2D eigenvalue weighted by molar-refractivity contribution is 0.0772. The summed E-state index contributed by atoms with van der Waals surface area (Å²) < 4.78 is 0. The van der Waals surface area contributed by atoms with E-state index in [9.17, 15) is 9.59 Å². The molecule has 0 radical (unpaired) electrons. The van der Waals surface area contributed by atoms with Crippen LogP contribution in [0.15, 0.2) is 42.7 Å². The number of benzene rings is 1. The number of amides is 2. The molecule has 1 aromatic carbocycles. The lowest BCUT2D eigenvalue weighted by atomic mass is 10.1. The van der Waals surface area contributed by atoms with Crippen molar-refractivity contribution in [2.75, 3.05) is 36.4 Å². The van der Waals surface area contributed by atoms with Gasteiger partial charge in [-0.3, -0.25) is 14.6 Å². The van der Waals surface area contributed by atoms with Gasteiger partial charge in [-0.05, 0) is 63.4 Å². The van der Waals surface area contributed by atoms with Crippen LogP contribution in [0.4, 0.5) is 11.4 Å². The Labute approximate surface area is 166 Å². The third-order valence-corrected chi connectivity index (χ3v) is 5.14. The van der Waals surface area contributed by atoms with Crippen molar-refractivity contribution in [1.29, 1.82) is 0 Å². The number of aromatic nitrogens is 1. The number of hydrogen-bond acceptors (Lipinski definition) is 4. The molecule has 0 atom stereocenters. The average Bonchev–Trinajstić information content (AvgIpc) is 2.75. The lowest BCUT2D eigenvalue weighted by Crippen LogP contribution is -2.30. The second-order valence-electron chi connectivity index (χ2n) is 6.99. The Morgan fingerprint density at radius 2 is 1.64 bits per heavy atom. The quantitative estimate of drug-likeness (QED) is 0.828. The Morgan fingerprint density at radius 1 is 1.00 bits per heavy atom. The van der Waals surface area contributed by atoms with Gasteiger partial charge in [-0.1, -0.05) is 0 Å². The summed E-state index contributed by atoms with van der Waals surface area (Å²) in [5.41, 5.74) is 2.72. The Bertz CT molecular complexity index is 810. The number of nitrogens with one attached hydrogen (secondary N) is 1. The van der Waals surface area contributed by atoms with E-state index in [-0.39, 0.29) is 11.8 Å². The minimum absolute atomic E-state index is 0.113. The van der Waals surface area contributed by atoms with Crippen LogP contribution < -0.4 is 10.2 Å². The summed E-state index contributed by atoms with van der Waals surface area (Å²) in [6.45, 7) is 7.28. The van der Waals surface area contributed by atoms with E-state index >= 15 is 0 Å². The van der Waals surface area contributed by atoms with Gasteiger partial charge >= 0.3 is 0 Å². The van der Waals surface area contributed by atoms with Gasteiger partial charge in [-0.2, -0.15) is 0 Å². The maximum absolute atomic E-state index is 12.6. The summed E-state index contributed by atoms with van der Waals surface area (Å²) in [5, 5.41) is 2.89. The molecule has 2 heterocycles. The van der Waals surface area contributed by atoms with Gasteiger partial charge in [0, 0.05) is 49.9 Å². The first-order valence-electron chi connectivity index (χ1n) is 10.0. The predicted octanol–water partition coefficient (Wildman–Crippen LogP) is 3.81. The first kappa shape index (κ1) is 19.9. The van der Waals surface area contributed by atoms with Crippen molar-refractivity contribution in [2.24, 2.45) is 0 Å². The molecule has 148 valence electrons. The van der Waals surface area contributed by atoms with E-state index in [4.69, 9.17) is 0 Å². The monoisotopic (exact) mass is 380 g/mol. The number of nitrogens with zero attached hydrogens (tertiary/aromatic N) is 3. The molecular formula is C22H28N4O2. The van der Waals surface area contributed by atoms with Crippen molar-refractivity contribution >= 4 is 23.2 Å². The summed E-state index contributed by atoms with van der Waals surface area (Å²) in [5.74, 6) is -0.384. The molecule has 0 spiro atoms. The standard InChI is InChI=1S/C22H28N4O2/c1-3-25(4-2)22(28)18-14-17(15-23-16-18)21(27)24-19-8-10-20(11-9-19)26-12-6-5-7-13-26/h8-11,14-16H,3-7,12-13H2,1-2H3,(H,24,27). The molecule has 0 unspecified atom stereocenters. The molecule has 2 aromatic rings. The molecule has 6 heteroatoms. The van der Waals surface area contributed by atoms with Gasteiger partial charge in [0.1, 0.15) is 0 Å². The maximum Gasteiger partial charge on any atom is 0.257 e. The van der Waals surface area contributed by atoms with Crippen molar-refractivity contribution in [1.82, 2.24) is 9.88 Å². The van der Waals surface area contributed by atoms with E-state index in [1.165, 1.54) is 37.3 Å². The molecule has 6 nitrogen and oxygen atoms in total. The van der Waals surface area contributed by atoms with Gasteiger partial charge < -0.3 is 15.1 Å². The molecule has 1 N–H and O–H groups in total. The molecule has 1 aliphatic heterocycles. The van der Waals surface area contributed by atoms with Crippen LogP contribution in [0.3, 0.4) is 0 Å². The number of rotatable bonds is 6. The molecule has 0 saturated carbocycles. The summed E-state index contributed by atoms with van der Waals surface area (Å²) in [6.07, 6.45) is 6.75. The SMILES string of the molecule is CCN(CC)C(=O)c1cncc(C(=O)Nc2ccc(N3CCCCC3)cc2)c1. The number of pyridine rings is 1. The molecular weight excluding hydrogens is 352 g/mol. The van der Waals surface area contributed by atoms with Crippen molar-refractivity contribution in [2.45, 2.75) is 33.1 Å². The zero-order valence-corrected chi connectivity index (χ0v) is 16.6. The Balaban J connectivity index is 1.67. The average molecular weight is 380 g/mol. The minimum atomic E-state index is -0.271. The van der Waals surface area contributed by atoms with Crippen LogP contribution in [0, 0.1) is 0 Å². The van der Waals surface area contributed by atoms with Gasteiger partial charge in [-0.25, -0.2) is 0 Å². The van der Waals surface area contributed by atoms with Crippen molar-refractivity contribution in [3.63, 3.8) is 0 Å². The highest BCUT2D eigenvalue weighted by Gasteiger charge is 2.16. The zero-order chi connectivity index (χ0) is 19.9. The third kappa shape index (κ3) is 4.68. The molecule has 28 heavy (non-hydrogen) atoms. The van der Waals surface area contributed by atoms with Gasteiger partial charge in [-0.15, -0.1) is 0 Å². The van der Waals surface area contributed by atoms with Crippen LogP contribution in [0.25, 0.3) is 0 Å². The fourth-order valence-electron chi connectivity index (χ4n) is 3.49. The topological polar surface area (TPSA) is 65.5 Å². The smallest absolute Gasteiger partial charge is 0.257 e. The Morgan fingerprint density at radius 3 is 2.29 bits per heavy atom. The largest absolute Gasteiger partial charge is 0.372 e. The highest BCUT2D eigenvalue weighted by atomic mass is 16.2. The third-order valence-electron chi connectivity index (χ3n) is 5.14. The normalized spacial score (nSPS) is 13.9. The van der Waals surface area contributed by atoms with Crippen LogP contribution in [0.5, 0.6) is 0 Å². The van der Waals surface area contributed by atoms with Gasteiger partial charge in [0.15, 0.2) is 0 Å². The second kappa shape index (κ2) is 9.35. The molecule has 1 fully saturated rings. The molecule has 0 bridgehead atoms. The molecule has 1 saturated heterocycles. The Kier molecular flexibility index (Phi) is 6.63. The molecule has 3 rings (SSSR count). The summed E-state index contributed by atoms with van der Waals surface area (Å²) in [7, 11) is 0. The maximum atomic E-state index is 12.6. The van der Waals surface area contributed by atoms with Gasteiger partial charge in [0.2, 0.25) is 0 Å². The lowest BCUT2D eigenvalue weighted by Gasteiger charge is -2.28. The van der Waals surface area contributed by atoms with Crippen molar-refractivity contribution < 1.29 is 9.59 Å². The van der Waals surface area contributed by atoms with E-state index in [0.29, 0.717) is 24.2 Å². The number of carbonyl (C=O) groups excluding carboxylic acids is 2. The fourth-order valence-corrected chi connectivity index (χ4v) is 3.49. The summed E-state index contributed by atoms with van der Waals surface area (Å²) >= 11 is 0. The highest BCUT2D eigenvalue weighted by molar-refractivity contribution is 6.05. The van der Waals surface area contributed by atoms with E-state index < -0.39 is 0 Å². The summed E-state index contributed by atoms with van der Waals surface area (Å²) in [4.78, 5) is 33.2. The van der Waals surface area contributed by atoms with E-state index in [0.717, 1.165) is 18.8 Å². The van der Waals surface area contributed by atoms with Gasteiger partial charge in [0.05, 0.1) is 11.1 Å². The van der Waals surface area contributed by atoms with E-state index in [1.807, 2.05) is 38.1 Å². The number of anilines is 2. The first-order chi connectivity index (χ1) is 13.6. The number of hydrogen-bond donors (Lipinski definition) is 1. The minimum Gasteiger partial charge on any atom is -0.372 e. The fraction of sp³-hybridized carbons (Fsp3) is 0.409. The molecule has 1 aromatic heterocycles. The number of carbonyl (C=O) groups is 2. The van der Waals surface area contributed by atoms with Crippen LogP contribution in [0.1, 0.15) is 53.8 Å². The van der Waals surface area contributed by atoms with Crippen LogP contribution in [-0.4, -0.2) is 47.9 Å². The zero-order valence-electron chi connectivity index (χ0n) is 16.6. The van der Waals surface area contributed by atoms with Crippen LogP contribution in [0.2, 0.25) is 0 Å². The van der Waals surface area contributed by atoms with E-state index in [1.54, 1.807) is 11.0 Å².